The molecule has 1 amide bonds. The lowest BCUT2D eigenvalue weighted by Crippen LogP contribution is -2.45. The number of hydrogen-bond donors (Lipinski definition) is 0. The molecule has 0 unspecified atom stereocenters. The highest BCUT2D eigenvalue weighted by molar-refractivity contribution is 5.84. The van der Waals surface area contributed by atoms with Gasteiger partial charge in [-0.25, -0.2) is 9.18 Å². The first kappa shape index (κ1) is 14.9. The third-order valence-corrected chi connectivity index (χ3v) is 4.00. The average Bonchev–Trinajstić information content (AvgIpc) is 2.79. The summed E-state index contributed by atoms with van der Waals surface area (Å²) >= 11 is 0. The molecule has 0 fully saturated rings. The molecule has 118 valence electrons. The van der Waals surface area contributed by atoms with Crippen LogP contribution >= 0.6 is 0 Å². The Balaban J connectivity index is 1.86. The van der Waals surface area contributed by atoms with E-state index in [1.54, 1.807) is 24.1 Å². The van der Waals surface area contributed by atoms with Crippen molar-refractivity contribution < 1.29 is 13.9 Å². The molecule has 1 atom stereocenters. The first-order valence-electron chi connectivity index (χ1n) is 7.48. The van der Waals surface area contributed by atoms with Crippen LogP contribution in [0.3, 0.4) is 0 Å². The van der Waals surface area contributed by atoms with Crippen molar-refractivity contribution in [2.24, 2.45) is 0 Å². The maximum atomic E-state index is 13.7. The summed E-state index contributed by atoms with van der Waals surface area (Å²) in [6, 6.07) is 4.98. The number of nitrogens with zero attached hydrogens (tertiary/aromatic N) is 2. The molecule has 0 saturated carbocycles. The maximum absolute atomic E-state index is 13.7. The molecule has 0 spiro atoms. The molecule has 22 heavy (non-hydrogen) atoms. The van der Waals surface area contributed by atoms with Crippen molar-refractivity contribution >= 4 is 17.0 Å². The van der Waals surface area contributed by atoms with Crippen LogP contribution in [0.4, 0.5) is 9.18 Å². The molecule has 1 aromatic carbocycles. The fraction of sp³-hybridized carbons (Fsp3) is 0.471. The van der Waals surface area contributed by atoms with Crippen molar-refractivity contribution in [1.82, 2.24) is 9.47 Å². The van der Waals surface area contributed by atoms with Gasteiger partial charge >= 0.3 is 6.09 Å². The number of benzene rings is 1. The molecule has 1 aromatic heterocycles. The zero-order chi connectivity index (χ0) is 16.1. The van der Waals surface area contributed by atoms with Gasteiger partial charge in [0.25, 0.3) is 0 Å². The molecule has 0 N–H and O–H groups in total. The maximum Gasteiger partial charge on any atom is 0.410 e. The highest BCUT2D eigenvalue weighted by Crippen LogP contribution is 2.29. The number of carbonyl (C=O) groups excluding carboxylic acids is 1. The van der Waals surface area contributed by atoms with Gasteiger partial charge in [0.1, 0.15) is 11.4 Å². The van der Waals surface area contributed by atoms with Crippen LogP contribution in [-0.4, -0.2) is 34.3 Å². The Morgan fingerprint density at radius 3 is 2.82 bits per heavy atom. The molecule has 1 aliphatic rings. The Labute approximate surface area is 129 Å². The monoisotopic (exact) mass is 304 g/mol. The van der Waals surface area contributed by atoms with Gasteiger partial charge in [-0.1, -0.05) is 0 Å². The van der Waals surface area contributed by atoms with Crippen LogP contribution in [0.2, 0.25) is 0 Å². The third kappa shape index (κ3) is 2.67. The Kier molecular flexibility index (Phi) is 3.38. The third-order valence-electron chi connectivity index (χ3n) is 4.00. The van der Waals surface area contributed by atoms with Gasteiger partial charge in [0.2, 0.25) is 0 Å². The van der Waals surface area contributed by atoms with Gasteiger partial charge in [-0.05, 0) is 51.0 Å². The minimum absolute atomic E-state index is 0.0419. The van der Waals surface area contributed by atoms with Crippen LogP contribution in [-0.2, 0) is 17.7 Å². The van der Waals surface area contributed by atoms with Gasteiger partial charge in [-0.15, -0.1) is 0 Å². The van der Waals surface area contributed by atoms with Crippen molar-refractivity contribution in [3.8, 4) is 0 Å². The molecule has 2 aromatic rings. The fourth-order valence-corrected chi connectivity index (χ4v) is 3.00. The number of ether oxygens (including phenoxy) is 1. The van der Waals surface area contributed by atoms with E-state index in [4.69, 9.17) is 4.74 Å². The standard InChI is InChI=1S/C17H21FN2O2/c1-17(2,3)22-16(21)19(4)14-9-12-8-13(18)7-11-5-6-20(10-14)15(11)12/h5-8,14H,9-10H2,1-4H3/t14-/m0/s1. The number of rotatable bonds is 1. The molecular formula is C17H21FN2O2. The van der Waals surface area contributed by atoms with E-state index in [2.05, 4.69) is 4.57 Å². The van der Waals surface area contributed by atoms with E-state index in [9.17, 15) is 9.18 Å². The normalized spacial score (nSPS) is 17.6. The SMILES string of the molecule is CN(C(=O)OC(C)(C)C)[C@H]1Cc2cc(F)cc3ccn(c23)C1. The average molecular weight is 304 g/mol. The van der Waals surface area contributed by atoms with Gasteiger partial charge in [0, 0.05) is 25.2 Å². The topological polar surface area (TPSA) is 34.5 Å². The van der Waals surface area contributed by atoms with Gasteiger partial charge in [-0.2, -0.15) is 0 Å². The highest BCUT2D eigenvalue weighted by atomic mass is 19.1. The van der Waals surface area contributed by atoms with Crippen LogP contribution in [0.1, 0.15) is 26.3 Å². The van der Waals surface area contributed by atoms with Gasteiger partial charge < -0.3 is 14.2 Å². The Bertz CT molecular complexity index is 730. The van der Waals surface area contributed by atoms with E-state index in [0.717, 1.165) is 16.5 Å². The molecule has 0 radical (unpaired) electrons. The number of likely N-dealkylation sites (N-methyl/N-ethyl adjacent to an activating group) is 1. The smallest absolute Gasteiger partial charge is 0.410 e. The zero-order valence-corrected chi connectivity index (χ0v) is 13.4. The van der Waals surface area contributed by atoms with E-state index >= 15 is 0 Å². The van der Waals surface area contributed by atoms with Crippen LogP contribution in [0.25, 0.3) is 10.9 Å². The summed E-state index contributed by atoms with van der Waals surface area (Å²) in [7, 11) is 1.74. The minimum Gasteiger partial charge on any atom is -0.444 e. The Morgan fingerprint density at radius 2 is 2.14 bits per heavy atom. The molecule has 3 rings (SSSR count). The van der Waals surface area contributed by atoms with E-state index in [-0.39, 0.29) is 18.0 Å². The Hall–Kier alpha value is -2.04. The van der Waals surface area contributed by atoms with Crippen molar-refractivity contribution in [2.45, 2.75) is 45.4 Å². The Morgan fingerprint density at radius 1 is 1.41 bits per heavy atom. The number of amides is 1. The van der Waals surface area contributed by atoms with Gasteiger partial charge in [0.15, 0.2) is 0 Å². The predicted molar refractivity (Wildman–Crippen MR) is 83.4 cm³/mol. The van der Waals surface area contributed by atoms with Crippen molar-refractivity contribution in [3.63, 3.8) is 0 Å². The number of aromatic nitrogens is 1. The first-order chi connectivity index (χ1) is 10.2. The van der Waals surface area contributed by atoms with Crippen LogP contribution in [0.5, 0.6) is 0 Å². The second kappa shape index (κ2) is 5.00. The number of carbonyl (C=O) groups is 1. The van der Waals surface area contributed by atoms with Crippen molar-refractivity contribution in [3.05, 3.63) is 35.8 Å². The largest absolute Gasteiger partial charge is 0.444 e. The lowest BCUT2D eigenvalue weighted by molar-refractivity contribution is 0.0204. The fourth-order valence-electron chi connectivity index (χ4n) is 3.00. The van der Waals surface area contributed by atoms with Crippen LogP contribution in [0, 0.1) is 5.82 Å². The molecule has 1 aliphatic heterocycles. The quantitative estimate of drug-likeness (QED) is 0.807. The van der Waals surface area contributed by atoms with Crippen LogP contribution in [0.15, 0.2) is 24.4 Å². The summed E-state index contributed by atoms with van der Waals surface area (Å²) in [6.45, 7) is 6.23. The lowest BCUT2D eigenvalue weighted by atomic mass is 9.99. The number of halogens is 1. The van der Waals surface area contributed by atoms with Gasteiger partial charge in [-0.3, -0.25) is 0 Å². The lowest BCUT2D eigenvalue weighted by Gasteiger charge is -2.33. The summed E-state index contributed by atoms with van der Waals surface area (Å²) in [5.74, 6) is -0.235. The van der Waals surface area contributed by atoms with E-state index in [0.29, 0.717) is 13.0 Å². The summed E-state index contributed by atoms with van der Waals surface area (Å²) in [6.07, 6.45) is 2.23. The number of hydrogen-bond acceptors (Lipinski definition) is 2. The first-order valence-corrected chi connectivity index (χ1v) is 7.48. The van der Waals surface area contributed by atoms with Crippen molar-refractivity contribution in [2.75, 3.05) is 7.05 Å². The summed E-state index contributed by atoms with van der Waals surface area (Å²) in [5.41, 5.74) is 1.48. The second-order valence-corrected chi connectivity index (χ2v) is 6.92. The van der Waals surface area contributed by atoms with E-state index in [1.807, 2.05) is 33.0 Å². The molecule has 0 bridgehead atoms. The molecule has 0 saturated heterocycles. The summed E-state index contributed by atoms with van der Waals surface area (Å²) in [4.78, 5) is 13.9. The summed E-state index contributed by atoms with van der Waals surface area (Å²) < 4.78 is 21.2. The van der Waals surface area contributed by atoms with E-state index in [1.165, 1.54) is 0 Å². The molecule has 0 aliphatic carbocycles. The molecular weight excluding hydrogens is 283 g/mol. The predicted octanol–water partition coefficient (Wildman–Crippen LogP) is 3.57. The molecule has 4 nitrogen and oxygen atoms in total. The van der Waals surface area contributed by atoms with Gasteiger partial charge in [0.05, 0.1) is 11.6 Å². The molecule has 2 heterocycles. The highest BCUT2D eigenvalue weighted by Gasteiger charge is 2.29. The van der Waals surface area contributed by atoms with Crippen molar-refractivity contribution in [1.29, 1.82) is 0 Å². The zero-order valence-electron chi connectivity index (χ0n) is 13.4. The minimum atomic E-state index is -0.523. The summed E-state index contributed by atoms with van der Waals surface area (Å²) in [5, 5.41) is 0.911. The second-order valence-electron chi connectivity index (χ2n) is 6.92. The van der Waals surface area contributed by atoms with Crippen LogP contribution < -0.4 is 0 Å². The molecule has 5 heteroatoms. The van der Waals surface area contributed by atoms with E-state index < -0.39 is 5.60 Å².